The zero-order valence-corrected chi connectivity index (χ0v) is 12.3. The van der Waals surface area contributed by atoms with Crippen LogP contribution in [0.25, 0.3) is 0 Å². The third kappa shape index (κ3) is 5.24. The van der Waals surface area contributed by atoms with Crippen molar-refractivity contribution in [1.82, 2.24) is 15.2 Å². The van der Waals surface area contributed by atoms with Crippen LogP contribution in [0.3, 0.4) is 0 Å². The second-order valence-electron chi connectivity index (χ2n) is 4.37. The molecule has 0 aliphatic heterocycles. The molecule has 1 heterocycles. The van der Waals surface area contributed by atoms with Crippen molar-refractivity contribution in [1.29, 1.82) is 0 Å². The van der Waals surface area contributed by atoms with Crippen molar-refractivity contribution in [3.05, 3.63) is 29.6 Å². The fourth-order valence-corrected chi connectivity index (χ4v) is 1.74. The SMILES string of the molecule is CCCN(CC(=O)NC)C(=O)c1cncc(C#CCN)c1. The monoisotopic (exact) mass is 288 g/mol. The van der Waals surface area contributed by atoms with Crippen molar-refractivity contribution in [2.75, 3.05) is 26.7 Å². The van der Waals surface area contributed by atoms with Gasteiger partial charge in [0.1, 0.15) is 0 Å². The number of pyridine rings is 1. The highest BCUT2D eigenvalue weighted by Crippen LogP contribution is 2.07. The molecule has 6 heteroatoms. The van der Waals surface area contributed by atoms with Crippen LogP contribution < -0.4 is 11.1 Å². The van der Waals surface area contributed by atoms with Crippen molar-refractivity contribution in [3.8, 4) is 11.8 Å². The molecule has 0 aromatic carbocycles. The average molecular weight is 288 g/mol. The molecule has 0 spiro atoms. The number of hydrogen-bond acceptors (Lipinski definition) is 4. The van der Waals surface area contributed by atoms with Gasteiger partial charge in [-0.05, 0) is 12.5 Å². The number of rotatable bonds is 5. The minimum atomic E-state index is -0.232. The largest absolute Gasteiger partial charge is 0.358 e. The Morgan fingerprint density at radius 2 is 2.19 bits per heavy atom. The first-order chi connectivity index (χ1) is 10.1. The van der Waals surface area contributed by atoms with Gasteiger partial charge in [-0.1, -0.05) is 18.8 Å². The topological polar surface area (TPSA) is 88.3 Å². The molecular weight excluding hydrogens is 268 g/mol. The lowest BCUT2D eigenvalue weighted by Gasteiger charge is -2.21. The summed E-state index contributed by atoms with van der Waals surface area (Å²) in [5, 5.41) is 2.51. The van der Waals surface area contributed by atoms with Crippen molar-refractivity contribution in [2.45, 2.75) is 13.3 Å². The molecule has 6 nitrogen and oxygen atoms in total. The van der Waals surface area contributed by atoms with E-state index in [1.54, 1.807) is 19.3 Å². The van der Waals surface area contributed by atoms with Gasteiger partial charge in [0.2, 0.25) is 5.91 Å². The van der Waals surface area contributed by atoms with E-state index in [0.29, 0.717) is 17.7 Å². The maximum absolute atomic E-state index is 12.4. The quantitative estimate of drug-likeness (QED) is 0.746. The van der Waals surface area contributed by atoms with Crippen LogP contribution in [-0.4, -0.2) is 48.4 Å². The van der Waals surface area contributed by atoms with Gasteiger partial charge in [0, 0.05) is 31.5 Å². The first-order valence-corrected chi connectivity index (χ1v) is 6.76. The maximum atomic E-state index is 12.4. The van der Waals surface area contributed by atoms with E-state index >= 15 is 0 Å². The highest BCUT2D eigenvalue weighted by molar-refractivity contribution is 5.96. The van der Waals surface area contributed by atoms with Gasteiger partial charge in [0.15, 0.2) is 0 Å². The normalized spacial score (nSPS) is 9.48. The van der Waals surface area contributed by atoms with Crippen molar-refractivity contribution in [3.63, 3.8) is 0 Å². The molecule has 0 bridgehead atoms. The average Bonchev–Trinajstić information content (AvgIpc) is 2.51. The number of hydrogen-bond donors (Lipinski definition) is 2. The molecule has 0 unspecified atom stereocenters. The third-order valence-electron chi connectivity index (χ3n) is 2.71. The lowest BCUT2D eigenvalue weighted by molar-refractivity contribution is -0.121. The van der Waals surface area contributed by atoms with E-state index < -0.39 is 0 Å². The molecular formula is C15H20N4O2. The Labute approximate surface area is 124 Å². The fraction of sp³-hybridized carbons (Fsp3) is 0.400. The summed E-state index contributed by atoms with van der Waals surface area (Å²) < 4.78 is 0. The van der Waals surface area contributed by atoms with E-state index in [2.05, 4.69) is 22.1 Å². The van der Waals surface area contributed by atoms with Crippen LogP contribution >= 0.6 is 0 Å². The molecule has 21 heavy (non-hydrogen) atoms. The van der Waals surface area contributed by atoms with Crippen molar-refractivity contribution in [2.24, 2.45) is 5.73 Å². The predicted octanol–water partition coefficient (Wildman–Crippen LogP) is -0.01000. The van der Waals surface area contributed by atoms with Crippen LogP contribution in [-0.2, 0) is 4.79 Å². The Morgan fingerprint density at radius 1 is 1.43 bits per heavy atom. The minimum absolute atomic E-state index is 0.0296. The number of aromatic nitrogens is 1. The second kappa shape index (κ2) is 8.72. The van der Waals surface area contributed by atoms with Gasteiger partial charge >= 0.3 is 0 Å². The van der Waals surface area contributed by atoms with Crippen LogP contribution in [0.4, 0.5) is 0 Å². The molecule has 0 saturated carbocycles. The predicted molar refractivity (Wildman–Crippen MR) is 80.4 cm³/mol. The molecule has 0 saturated heterocycles. The van der Waals surface area contributed by atoms with E-state index in [4.69, 9.17) is 5.73 Å². The van der Waals surface area contributed by atoms with Gasteiger partial charge in [-0.15, -0.1) is 0 Å². The summed E-state index contributed by atoms with van der Waals surface area (Å²) in [5.41, 5.74) is 6.36. The molecule has 0 aliphatic carbocycles. The Bertz CT molecular complexity index is 560. The summed E-state index contributed by atoms with van der Waals surface area (Å²) in [4.78, 5) is 29.4. The molecule has 112 valence electrons. The molecule has 1 rings (SSSR count). The van der Waals surface area contributed by atoms with Crippen LogP contribution in [0.5, 0.6) is 0 Å². The van der Waals surface area contributed by atoms with Crippen molar-refractivity contribution < 1.29 is 9.59 Å². The molecule has 3 N–H and O–H groups in total. The van der Waals surface area contributed by atoms with Crippen molar-refractivity contribution >= 4 is 11.8 Å². The summed E-state index contributed by atoms with van der Waals surface area (Å²) in [6, 6.07) is 1.66. The van der Waals surface area contributed by atoms with E-state index in [-0.39, 0.29) is 24.9 Å². The number of nitrogens with zero attached hydrogens (tertiary/aromatic N) is 2. The maximum Gasteiger partial charge on any atom is 0.255 e. The first-order valence-electron chi connectivity index (χ1n) is 6.76. The zero-order chi connectivity index (χ0) is 15.7. The second-order valence-corrected chi connectivity index (χ2v) is 4.37. The smallest absolute Gasteiger partial charge is 0.255 e. The Morgan fingerprint density at radius 3 is 2.81 bits per heavy atom. The van der Waals surface area contributed by atoms with Gasteiger partial charge in [0.05, 0.1) is 18.7 Å². The number of likely N-dealkylation sites (N-methyl/N-ethyl adjacent to an activating group) is 1. The van der Waals surface area contributed by atoms with Gasteiger partial charge in [-0.3, -0.25) is 14.6 Å². The first kappa shape index (κ1) is 16.7. The number of nitrogens with one attached hydrogen (secondary N) is 1. The van der Waals surface area contributed by atoms with Crippen LogP contribution in [0.15, 0.2) is 18.5 Å². The minimum Gasteiger partial charge on any atom is -0.358 e. The summed E-state index contributed by atoms with van der Waals surface area (Å²) in [7, 11) is 1.54. The Balaban J connectivity index is 2.94. The zero-order valence-electron chi connectivity index (χ0n) is 12.3. The summed E-state index contributed by atoms with van der Waals surface area (Å²) >= 11 is 0. The van der Waals surface area contributed by atoms with E-state index in [0.717, 1.165) is 6.42 Å². The Hall–Kier alpha value is -2.39. The van der Waals surface area contributed by atoms with Gasteiger partial charge < -0.3 is 16.0 Å². The van der Waals surface area contributed by atoms with Crippen LogP contribution in [0, 0.1) is 11.8 Å². The molecule has 0 atom stereocenters. The lowest BCUT2D eigenvalue weighted by atomic mass is 10.2. The van der Waals surface area contributed by atoms with Gasteiger partial charge in [-0.25, -0.2) is 0 Å². The lowest BCUT2D eigenvalue weighted by Crippen LogP contribution is -2.40. The number of nitrogens with two attached hydrogens (primary N) is 1. The summed E-state index contributed by atoms with van der Waals surface area (Å²) in [6.07, 6.45) is 3.81. The van der Waals surface area contributed by atoms with Crippen LogP contribution in [0.2, 0.25) is 0 Å². The highest BCUT2D eigenvalue weighted by atomic mass is 16.2. The molecule has 2 amide bonds. The summed E-state index contributed by atoms with van der Waals surface area (Å²) in [5.74, 6) is 5.11. The number of carbonyl (C=O) groups excluding carboxylic acids is 2. The summed E-state index contributed by atoms with van der Waals surface area (Å²) in [6.45, 7) is 2.73. The molecule has 0 fully saturated rings. The van der Waals surface area contributed by atoms with Gasteiger partial charge in [0.25, 0.3) is 5.91 Å². The Kier molecular flexibility index (Phi) is 6.92. The van der Waals surface area contributed by atoms with Crippen LogP contribution in [0.1, 0.15) is 29.3 Å². The number of amides is 2. The van der Waals surface area contributed by atoms with E-state index in [1.165, 1.54) is 11.1 Å². The van der Waals surface area contributed by atoms with E-state index in [1.807, 2.05) is 6.92 Å². The molecule has 0 aliphatic rings. The van der Waals surface area contributed by atoms with Gasteiger partial charge in [-0.2, -0.15) is 0 Å². The third-order valence-corrected chi connectivity index (χ3v) is 2.71. The van der Waals surface area contributed by atoms with E-state index in [9.17, 15) is 9.59 Å². The fourth-order valence-electron chi connectivity index (χ4n) is 1.74. The molecule has 1 aromatic rings. The number of carbonyl (C=O) groups is 2. The molecule has 0 radical (unpaired) electrons. The molecule has 1 aromatic heterocycles. The standard InChI is InChI=1S/C15H20N4O2/c1-3-7-19(11-14(20)17-2)15(21)13-8-12(5-4-6-16)9-18-10-13/h8-10H,3,6-7,11,16H2,1-2H3,(H,17,20). The highest BCUT2D eigenvalue weighted by Gasteiger charge is 2.18.